The van der Waals surface area contributed by atoms with E-state index < -0.39 is 6.10 Å². The smallest absolute Gasteiger partial charge is 0.244 e. The zero-order valence-electron chi connectivity index (χ0n) is 15.8. The molecule has 0 spiro atoms. The number of methoxy groups -OCH3 is 1. The number of aliphatic hydroxyl groups excluding tert-OH is 1. The van der Waals surface area contributed by atoms with Crippen LogP contribution in [0.1, 0.15) is 23.9 Å². The molecule has 1 fully saturated rings. The Morgan fingerprint density at radius 2 is 1.93 bits per heavy atom. The molecule has 0 radical (unpaired) electrons. The molecule has 0 aliphatic carbocycles. The van der Waals surface area contributed by atoms with Crippen LogP contribution >= 0.6 is 0 Å². The van der Waals surface area contributed by atoms with E-state index in [1.54, 1.807) is 19.2 Å². The SMILES string of the molecule is COc1ccc(-c2noc(C3CC(O)CN3Cc3ccc(N([O-])O)cc3)n2)cc1. The Labute approximate surface area is 167 Å². The number of β-amino-alcohol motifs (C(OH)–C–C–N with tert-alkyl or cyclic N) is 1. The highest BCUT2D eigenvalue weighted by Gasteiger charge is 2.35. The number of anilines is 1. The predicted molar refractivity (Wildman–Crippen MR) is 104 cm³/mol. The van der Waals surface area contributed by atoms with E-state index in [1.807, 2.05) is 24.3 Å². The van der Waals surface area contributed by atoms with E-state index in [1.165, 1.54) is 12.1 Å². The number of hydrogen-bond donors (Lipinski definition) is 2. The van der Waals surface area contributed by atoms with E-state index >= 15 is 0 Å². The molecule has 1 aliphatic rings. The Balaban J connectivity index is 1.51. The predicted octanol–water partition coefficient (Wildman–Crippen LogP) is 2.75. The first-order valence-corrected chi connectivity index (χ1v) is 9.18. The fourth-order valence-electron chi connectivity index (χ4n) is 3.50. The summed E-state index contributed by atoms with van der Waals surface area (Å²) in [5, 5.41) is 34.0. The van der Waals surface area contributed by atoms with Gasteiger partial charge in [0, 0.05) is 18.7 Å². The summed E-state index contributed by atoms with van der Waals surface area (Å²) in [4.78, 5) is 6.58. The van der Waals surface area contributed by atoms with Crippen LogP contribution < -0.4 is 9.96 Å². The van der Waals surface area contributed by atoms with Crippen LogP contribution in [-0.4, -0.2) is 45.1 Å². The van der Waals surface area contributed by atoms with E-state index in [4.69, 9.17) is 14.5 Å². The standard InChI is InChI=1S/C20H21N4O5/c1-28-17-8-4-14(5-9-17)19-21-20(29-22-19)18-10-16(25)12-23(18)11-13-2-6-15(7-3-13)24(26)27/h2-9,16,18,25-26H,10-12H2,1H3/q-1. The third-order valence-corrected chi connectivity index (χ3v) is 5.00. The van der Waals surface area contributed by atoms with Crippen LogP contribution in [0.2, 0.25) is 0 Å². The summed E-state index contributed by atoms with van der Waals surface area (Å²) in [5.74, 6) is 1.67. The number of likely N-dealkylation sites (tertiary alicyclic amines) is 1. The molecule has 2 aromatic carbocycles. The van der Waals surface area contributed by atoms with Gasteiger partial charge in [-0.2, -0.15) is 4.98 Å². The summed E-state index contributed by atoms with van der Waals surface area (Å²) in [6.07, 6.45) is -0.00184. The van der Waals surface area contributed by atoms with Crippen LogP contribution in [-0.2, 0) is 6.54 Å². The Kier molecular flexibility index (Phi) is 5.45. The summed E-state index contributed by atoms with van der Waals surface area (Å²) < 4.78 is 10.7. The normalized spacial score (nSPS) is 19.4. The van der Waals surface area contributed by atoms with Crippen molar-refractivity contribution in [2.75, 3.05) is 18.9 Å². The summed E-state index contributed by atoms with van der Waals surface area (Å²) in [6, 6.07) is 13.8. The molecule has 0 saturated carbocycles. The van der Waals surface area contributed by atoms with Crippen molar-refractivity contribution in [2.24, 2.45) is 0 Å². The number of hydrogen-bond acceptors (Lipinski definition) is 9. The molecule has 3 aromatic rings. The van der Waals surface area contributed by atoms with Crippen LogP contribution in [0.15, 0.2) is 53.1 Å². The maximum absolute atomic E-state index is 10.9. The van der Waals surface area contributed by atoms with E-state index in [9.17, 15) is 10.3 Å². The maximum Gasteiger partial charge on any atom is 0.244 e. The van der Waals surface area contributed by atoms with Gasteiger partial charge >= 0.3 is 0 Å². The second kappa shape index (κ2) is 8.18. The first kappa shape index (κ1) is 19.3. The van der Waals surface area contributed by atoms with Crippen molar-refractivity contribution >= 4 is 5.69 Å². The summed E-state index contributed by atoms with van der Waals surface area (Å²) >= 11 is 0. The quantitative estimate of drug-likeness (QED) is 0.605. The fourth-order valence-corrected chi connectivity index (χ4v) is 3.50. The first-order valence-electron chi connectivity index (χ1n) is 9.18. The molecule has 2 heterocycles. The van der Waals surface area contributed by atoms with Crippen molar-refractivity contribution in [3.63, 3.8) is 0 Å². The molecule has 29 heavy (non-hydrogen) atoms. The molecule has 4 rings (SSSR count). The van der Waals surface area contributed by atoms with Gasteiger partial charge in [-0.15, -0.1) is 0 Å². The van der Waals surface area contributed by atoms with Crippen LogP contribution in [0.5, 0.6) is 5.75 Å². The van der Waals surface area contributed by atoms with E-state index in [-0.39, 0.29) is 17.0 Å². The van der Waals surface area contributed by atoms with Gasteiger partial charge in [-0.05, 0) is 48.4 Å². The highest BCUT2D eigenvalue weighted by molar-refractivity contribution is 5.55. The lowest BCUT2D eigenvalue weighted by molar-refractivity contribution is 0.169. The van der Waals surface area contributed by atoms with Gasteiger partial charge in [0.05, 0.1) is 24.9 Å². The average Bonchev–Trinajstić information content (AvgIpc) is 3.35. The molecular weight excluding hydrogens is 376 g/mol. The molecule has 1 aliphatic heterocycles. The highest BCUT2D eigenvalue weighted by Crippen LogP contribution is 2.34. The lowest BCUT2D eigenvalue weighted by atomic mass is 10.1. The molecule has 0 amide bonds. The third-order valence-electron chi connectivity index (χ3n) is 5.00. The van der Waals surface area contributed by atoms with Gasteiger partial charge in [0.25, 0.3) is 0 Å². The zero-order valence-corrected chi connectivity index (χ0v) is 15.8. The number of nitrogens with zero attached hydrogens (tertiary/aromatic N) is 4. The summed E-state index contributed by atoms with van der Waals surface area (Å²) in [7, 11) is 1.61. The fraction of sp³-hybridized carbons (Fsp3) is 0.300. The van der Waals surface area contributed by atoms with E-state index in [0.29, 0.717) is 31.2 Å². The van der Waals surface area contributed by atoms with Crippen molar-refractivity contribution in [3.05, 3.63) is 65.2 Å². The van der Waals surface area contributed by atoms with Gasteiger partial charge in [0.15, 0.2) is 0 Å². The Bertz CT molecular complexity index is 942. The molecule has 2 atom stereocenters. The van der Waals surface area contributed by atoms with E-state index in [0.717, 1.165) is 16.9 Å². The second-order valence-corrected chi connectivity index (χ2v) is 6.96. The topological polar surface area (TPSA) is 118 Å². The van der Waals surface area contributed by atoms with Gasteiger partial charge < -0.3 is 24.8 Å². The molecule has 2 N–H and O–H groups in total. The number of benzene rings is 2. The molecular formula is C20H21N4O5-. The molecule has 2 unspecified atom stereocenters. The largest absolute Gasteiger partial charge is 0.733 e. The van der Waals surface area contributed by atoms with Gasteiger partial charge in [-0.25, -0.2) is 0 Å². The monoisotopic (exact) mass is 397 g/mol. The van der Waals surface area contributed by atoms with Gasteiger partial charge in [0.2, 0.25) is 11.7 Å². The van der Waals surface area contributed by atoms with Gasteiger partial charge in [-0.3, -0.25) is 10.1 Å². The van der Waals surface area contributed by atoms with Crippen LogP contribution in [0.25, 0.3) is 11.4 Å². The van der Waals surface area contributed by atoms with Crippen molar-refractivity contribution in [2.45, 2.75) is 25.1 Å². The Hall–Kier alpha value is -2.98. The van der Waals surface area contributed by atoms with Gasteiger partial charge in [0.1, 0.15) is 5.75 Å². The number of rotatable bonds is 6. The minimum atomic E-state index is -0.495. The van der Waals surface area contributed by atoms with E-state index in [2.05, 4.69) is 15.0 Å². The second-order valence-electron chi connectivity index (χ2n) is 6.96. The van der Waals surface area contributed by atoms with Crippen molar-refractivity contribution in [1.29, 1.82) is 0 Å². The first-order chi connectivity index (χ1) is 14.0. The van der Waals surface area contributed by atoms with Crippen molar-refractivity contribution in [3.8, 4) is 17.1 Å². The zero-order chi connectivity index (χ0) is 20.4. The number of aromatic nitrogens is 2. The lowest BCUT2D eigenvalue weighted by Crippen LogP contribution is -2.24. The summed E-state index contributed by atoms with van der Waals surface area (Å²) in [5.41, 5.74) is 1.91. The molecule has 9 heteroatoms. The van der Waals surface area contributed by atoms with Crippen LogP contribution in [0, 0.1) is 5.21 Å². The van der Waals surface area contributed by atoms with Crippen molar-refractivity contribution < 1.29 is 19.6 Å². The minimum absolute atomic E-state index is 0.160. The van der Waals surface area contributed by atoms with Crippen molar-refractivity contribution in [1.82, 2.24) is 15.0 Å². The molecule has 152 valence electrons. The third kappa shape index (κ3) is 4.22. The number of ether oxygens (including phenoxy) is 1. The van der Waals surface area contributed by atoms with Crippen LogP contribution in [0.4, 0.5) is 5.69 Å². The average molecular weight is 397 g/mol. The molecule has 0 bridgehead atoms. The maximum atomic E-state index is 10.9. The highest BCUT2D eigenvalue weighted by atomic mass is 16.8. The Morgan fingerprint density at radius 3 is 2.59 bits per heavy atom. The molecule has 1 aromatic heterocycles. The van der Waals surface area contributed by atoms with Gasteiger partial charge in [-0.1, -0.05) is 17.3 Å². The lowest BCUT2D eigenvalue weighted by Gasteiger charge is -2.23. The Morgan fingerprint density at radius 1 is 1.21 bits per heavy atom. The summed E-state index contributed by atoms with van der Waals surface area (Å²) in [6.45, 7) is 1.01. The molecule has 9 nitrogen and oxygen atoms in total. The van der Waals surface area contributed by atoms with Crippen LogP contribution in [0.3, 0.4) is 0 Å². The minimum Gasteiger partial charge on any atom is -0.733 e. The number of aliphatic hydroxyl groups is 1. The molecule has 1 saturated heterocycles.